The van der Waals surface area contributed by atoms with E-state index >= 15 is 0 Å². The first kappa shape index (κ1) is 17.8. The van der Waals surface area contributed by atoms with E-state index in [1.165, 1.54) is 0 Å². The standard InChI is InChI=1S/C20H22N2O4/c1-3-11-21-19(23)18-13-22(16-9-4-5-10-17(16)26-18)20(24)14-7-6-8-15(12-14)25-2/h4-10,12,18H,3,11,13H2,1-2H3,(H,21,23)/t18-/m1/s1. The minimum absolute atomic E-state index is 0.155. The van der Waals surface area contributed by atoms with Crippen LogP contribution in [0.3, 0.4) is 0 Å². The summed E-state index contributed by atoms with van der Waals surface area (Å²) in [5.41, 5.74) is 1.15. The van der Waals surface area contributed by atoms with Gasteiger partial charge < -0.3 is 19.7 Å². The van der Waals surface area contributed by atoms with Crippen molar-refractivity contribution in [1.82, 2.24) is 5.32 Å². The third kappa shape index (κ3) is 3.64. The molecular formula is C20H22N2O4. The van der Waals surface area contributed by atoms with Gasteiger partial charge in [0.2, 0.25) is 0 Å². The number of hydrogen-bond donors (Lipinski definition) is 1. The van der Waals surface area contributed by atoms with E-state index in [2.05, 4.69) is 5.32 Å². The summed E-state index contributed by atoms with van der Waals surface area (Å²) in [4.78, 5) is 27.1. The topological polar surface area (TPSA) is 67.9 Å². The van der Waals surface area contributed by atoms with Crippen LogP contribution in [0.15, 0.2) is 48.5 Å². The number of benzene rings is 2. The monoisotopic (exact) mass is 354 g/mol. The third-order valence-corrected chi connectivity index (χ3v) is 4.18. The number of methoxy groups -OCH3 is 1. The molecule has 1 aliphatic rings. The van der Waals surface area contributed by atoms with Crippen LogP contribution in [0.25, 0.3) is 0 Å². The lowest BCUT2D eigenvalue weighted by molar-refractivity contribution is -0.127. The predicted octanol–water partition coefficient (Wildman–Crippen LogP) is 2.63. The number of fused-ring (bicyclic) bond motifs is 1. The average molecular weight is 354 g/mol. The number of anilines is 1. The van der Waals surface area contributed by atoms with Crippen LogP contribution in [0.5, 0.6) is 11.5 Å². The van der Waals surface area contributed by atoms with Gasteiger partial charge in [-0.3, -0.25) is 9.59 Å². The number of ether oxygens (including phenoxy) is 2. The lowest BCUT2D eigenvalue weighted by Crippen LogP contribution is -2.50. The van der Waals surface area contributed by atoms with Crippen LogP contribution in [0.2, 0.25) is 0 Å². The van der Waals surface area contributed by atoms with Crippen molar-refractivity contribution in [3.63, 3.8) is 0 Å². The highest BCUT2D eigenvalue weighted by molar-refractivity contribution is 6.08. The van der Waals surface area contributed by atoms with Gasteiger partial charge in [0.1, 0.15) is 11.5 Å². The summed E-state index contributed by atoms with van der Waals surface area (Å²) in [6, 6.07) is 14.2. The van der Waals surface area contributed by atoms with Crippen molar-refractivity contribution in [2.75, 3.05) is 25.1 Å². The summed E-state index contributed by atoms with van der Waals surface area (Å²) in [6.45, 7) is 2.71. The maximum absolute atomic E-state index is 13.1. The number of nitrogens with zero attached hydrogens (tertiary/aromatic N) is 1. The Morgan fingerprint density at radius 3 is 2.81 bits per heavy atom. The number of hydrogen-bond acceptors (Lipinski definition) is 4. The molecule has 0 fully saturated rings. The van der Waals surface area contributed by atoms with Gasteiger partial charge in [0.25, 0.3) is 11.8 Å². The molecule has 136 valence electrons. The van der Waals surface area contributed by atoms with Gasteiger partial charge in [-0.2, -0.15) is 0 Å². The molecule has 0 unspecified atom stereocenters. The van der Waals surface area contributed by atoms with Crippen molar-refractivity contribution in [3.05, 3.63) is 54.1 Å². The van der Waals surface area contributed by atoms with Crippen molar-refractivity contribution in [3.8, 4) is 11.5 Å². The summed E-state index contributed by atoms with van der Waals surface area (Å²) < 4.78 is 11.0. The Balaban J connectivity index is 1.91. The molecule has 6 heteroatoms. The summed E-state index contributed by atoms with van der Waals surface area (Å²) in [6.07, 6.45) is 0.0904. The molecule has 0 bridgehead atoms. The van der Waals surface area contributed by atoms with Crippen molar-refractivity contribution < 1.29 is 19.1 Å². The highest BCUT2D eigenvalue weighted by Crippen LogP contribution is 2.34. The molecule has 1 heterocycles. The first-order valence-corrected chi connectivity index (χ1v) is 8.63. The van der Waals surface area contributed by atoms with Crippen LogP contribution in [-0.2, 0) is 4.79 Å². The van der Waals surface area contributed by atoms with Gasteiger partial charge in [0, 0.05) is 12.1 Å². The van der Waals surface area contributed by atoms with E-state index in [-0.39, 0.29) is 18.4 Å². The Labute approximate surface area is 152 Å². The van der Waals surface area contributed by atoms with Crippen LogP contribution < -0.4 is 19.7 Å². The summed E-state index contributed by atoms with van der Waals surface area (Å²) in [5, 5.41) is 2.83. The van der Waals surface area contributed by atoms with Gasteiger partial charge in [-0.25, -0.2) is 0 Å². The highest BCUT2D eigenvalue weighted by atomic mass is 16.5. The van der Waals surface area contributed by atoms with Crippen LogP contribution in [0.1, 0.15) is 23.7 Å². The Bertz CT molecular complexity index is 806. The van der Waals surface area contributed by atoms with Gasteiger partial charge in [0.15, 0.2) is 6.10 Å². The number of amides is 2. The van der Waals surface area contributed by atoms with Crippen molar-refractivity contribution >= 4 is 17.5 Å². The van der Waals surface area contributed by atoms with Crippen molar-refractivity contribution in [1.29, 1.82) is 0 Å². The second-order valence-electron chi connectivity index (χ2n) is 6.01. The largest absolute Gasteiger partial charge is 0.497 e. The molecule has 1 aliphatic heterocycles. The van der Waals surface area contributed by atoms with Crippen LogP contribution in [-0.4, -0.2) is 38.1 Å². The van der Waals surface area contributed by atoms with E-state index < -0.39 is 6.10 Å². The summed E-state index contributed by atoms with van der Waals surface area (Å²) in [5.74, 6) is 0.707. The molecule has 0 saturated carbocycles. The van der Waals surface area contributed by atoms with Crippen LogP contribution in [0, 0.1) is 0 Å². The number of rotatable bonds is 5. The van der Waals surface area contributed by atoms with E-state index in [9.17, 15) is 9.59 Å². The fourth-order valence-electron chi connectivity index (χ4n) is 2.84. The Morgan fingerprint density at radius 1 is 1.23 bits per heavy atom. The first-order valence-electron chi connectivity index (χ1n) is 8.63. The zero-order valence-corrected chi connectivity index (χ0v) is 14.9. The predicted molar refractivity (Wildman–Crippen MR) is 98.8 cm³/mol. The van der Waals surface area contributed by atoms with Gasteiger partial charge in [0.05, 0.1) is 19.3 Å². The van der Waals surface area contributed by atoms with E-state index in [0.717, 1.165) is 6.42 Å². The normalized spacial score (nSPS) is 15.6. The Morgan fingerprint density at radius 2 is 2.04 bits per heavy atom. The van der Waals surface area contributed by atoms with Gasteiger partial charge in [-0.15, -0.1) is 0 Å². The summed E-state index contributed by atoms with van der Waals surface area (Å²) >= 11 is 0. The fourth-order valence-corrected chi connectivity index (χ4v) is 2.84. The second kappa shape index (κ2) is 7.91. The molecule has 6 nitrogen and oxygen atoms in total. The molecule has 1 N–H and O–H groups in total. The fraction of sp³-hybridized carbons (Fsp3) is 0.300. The highest BCUT2D eigenvalue weighted by Gasteiger charge is 2.34. The minimum Gasteiger partial charge on any atom is -0.497 e. The zero-order chi connectivity index (χ0) is 18.5. The second-order valence-corrected chi connectivity index (χ2v) is 6.01. The van der Waals surface area contributed by atoms with E-state index in [1.807, 2.05) is 25.1 Å². The lowest BCUT2D eigenvalue weighted by atomic mass is 10.1. The average Bonchev–Trinajstić information content (AvgIpc) is 2.70. The number of nitrogens with one attached hydrogen (secondary N) is 1. The Kier molecular flexibility index (Phi) is 5.41. The molecule has 2 aromatic carbocycles. The van der Waals surface area contributed by atoms with Crippen molar-refractivity contribution in [2.24, 2.45) is 0 Å². The van der Waals surface area contributed by atoms with E-state index in [4.69, 9.17) is 9.47 Å². The maximum Gasteiger partial charge on any atom is 0.262 e. The molecule has 1 atom stereocenters. The molecule has 0 spiro atoms. The van der Waals surface area contributed by atoms with Gasteiger partial charge in [-0.1, -0.05) is 25.1 Å². The molecule has 0 radical (unpaired) electrons. The molecule has 0 saturated heterocycles. The van der Waals surface area contributed by atoms with Crippen molar-refractivity contribution in [2.45, 2.75) is 19.4 Å². The molecule has 2 aromatic rings. The molecule has 0 aromatic heterocycles. The zero-order valence-electron chi connectivity index (χ0n) is 14.9. The first-order chi connectivity index (χ1) is 12.6. The SMILES string of the molecule is CCCNC(=O)[C@H]1CN(C(=O)c2cccc(OC)c2)c2ccccc2O1. The smallest absolute Gasteiger partial charge is 0.262 e. The molecular weight excluding hydrogens is 332 g/mol. The minimum atomic E-state index is -0.744. The number of carbonyl (C=O) groups excluding carboxylic acids is 2. The van der Waals surface area contributed by atoms with E-state index in [1.54, 1.807) is 42.3 Å². The molecule has 0 aliphatic carbocycles. The molecule has 26 heavy (non-hydrogen) atoms. The summed E-state index contributed by atoms with van der Waals surface area (Å²) in [7, 11) is 1.56. The van der Waals surface area contributed by atoms with Gasteiger partial charge >= 0.3 is 0 Å². The number of carbonyl (C=O) groups is 2. The Hall–Kier alpha value is -3.02. The van der Waals surface area contributed by atoms with Crippen LogP contribution >= 0.6 is 0 Å². The maximum atomic E-state index is 13.1. The molecule has 2 amide bonds. The van der Waals surface area contributed by atoms with E-state index in [0.29, 0.717) is 29.3 Å². The quantitative estimate of drug-likeness (QED) is 0.896. The number of para-hydroxylation sites is 2. The lowest BCUT2D eigenvalue weighted by Gasteiger charge is -2.34. The van der Waals surface area contributed by atoms with Gasteiger partial charge in [-0.05, 0) is 36.8 Å². The molecule has 3 rings (SSSR count). The van der Waals surface area contributed by atoms with Crippen LogP contribution in [0.4, 0.5) is 5.69 Å². The third-order valence-electron chi connectivity index (χ3n) is 4.18.